The van der Waals surface area contributed by atoms with Gasteiger partial charge >= 0.3 is 0 Å². The lowest BCUT2D eigenvalue weighted by Crippen LogP contribution is -2.23. The van der Waals surface area contributed by atoms with E-state index in [4.69, 9.17) is 0 Å². The van der Waals surface area contributed by atoms with Crippen LogP contribution in [0.4, 0.5) is 0 Å². The van der Waals surface area contributed by atoms with Gasteiger partial charge in [0.15, 0.2) is 5.82 Å². The average molecular weight is 257 g/mol. The zero-order chi connectivity index (χ0) is 12.7. The summed E-state index contributed by atoms with van der Waals surface area (Å²) in [6.07, 6.45) is 4.35. The van der Waals surface area contributed by atoms with Crippen LogP contribution in [0.15, 0.2) is 0 Å². The molecular formula is C11H23N5S. The third-order valence-electron chi connectivity index (χ3n) is 2.80. The second-order valence-corrected chi connectivity index (χ2v) is 5.55. The van der Waals surface area contributed by atoms with Crippen molar-refractivity contribution in [3.63, 3.8) is 0 Å². The van der Waals surface area contributed by atoms with Crippen LogP contribution in [0.25, 0.3) is 0 Å². The van der Waals surface area contributed by atoms with Crippen LogP contribution in [0.2, 0.25) is 0 Å². The first kappa shape index (κ1) is 14.4. The minimum absolute atomic E-state index is 0.217. The zero-order valence-electron chi connectivity index (χ0n) is 11.2. The van der Waals surface area contributed by atoms with E-state index in [0.29, 0.717) is 5.25 Å². The molecule has 98 valence electrons. The Morgan fingerprint density at radius 3 is 2.82 bits per heavy atom. The average Bonchev–Trinajstić information content (AvgIpc) is 2.81. The largest absolute Gasteiger partial charge is 0.307 e. The number of nitrogens with one attached hydrogen (secondary N) is 1. The molecule has 0 aliphatic heterocycles. The van der Waals surface area contributed by atoms with E-state index in [2.05, 4.69) is 47.9 Å². The Morgan fingerprint density at radius 2 is 2.18 bits per heavy atom. The number of nitrogens with zero attached hydrogens (tertiary/aromatic N) is 4. The molecule has 6 heteroatoms. The van der Waals surface area contributed by atoms with Crippen molar-refractivity contribution in [2.24, 2.45) is 0 Å². The summed E-state index contributed by atoms with van der Waals surface area (Å²) < 4.78 is 1.92. The molecule has 0 aliphatic carbocycles. The maximum atomic E-state index is 4.11. The smallest absolute Gasteiger partial charge is 0.167 e. The van der Waals surface area contributed by atoms with Crippen molar-refractivity contribution < 1.29 is 0 Å². The van der Waals surface area contributed by atoms with Gasteiger partial charge in [-0.15, -0.1) is 5.10 Å². The van der Waals surface area contributed by atoms with E-state index in [0.717, 1.165) is 31.8 Å². The van der Waals surface area contributed by atoms with Crippen molar-refractivity contribution in [2.45, 2.75) is 51.4 Å². The summed E-state index contributed by atoms with van der Waals surface area (Å²) in [6, 6.07) is 0.217. The van der Waals surface area contributed by atoms with Crippen LogP contribution in [-0.4, -0.2) is 38.3 Å². The predicted molar refractivity (Wildman–Crippen MR) is 72.1 cm³/mol. The van der Waals surface area contributed by atoms with Crippen LogP contribution in [0.3, 0.4) is 0 Å². The van der Waals surface area contributed by atoms with Gasteiger partial charge in [-0.1, -0.05) is 13.8 Å². The Morgan fingerprint density at radius 1 is 1.41 bits per heavy atom. The van der Waals surface area contributed by atoms with E-state index in [1.54, 1.807) is 0 Å². The zero-order valence-corrected chi connectivity index (χ0v) is 12.0. The van der Waals surface area contributed by atoms with Gasteiger partial charge in [0.1, 0.15) is 0 Å². The number of tetrazole rings is 1. The minimum atomic E-state index is 0.217. The fourth-order valence-electron chi connectivity index (χ4n) is 1.56. The van der Waals surface area contributed by atoms with E-state index in [9.17, 15) is 0 Å². The van der Waals surface area contributed by atoms with Gasteiger partial charge in [0.2, 0.25) is 0 Å². The maximum Gasteiger partial charge on any atom is 0.167 e. The molecule has 0 amide bonds. The lowest BCUT2D eigenvalue weighted by atomic mass is 10.3. The Kier molecular flexibility index (Phi) is 6.50. The third kappa shape index (κ3) is 4.63. The predicted octanol–water partition coefficient (Wildman–Crippen LogP) is 1.88. The molecule has 1 aromatic rings. The summed E-state index contributed by atoms with van der Waals surface area (Å²) in [7, 11) is 0. The van der Waals surface area contributed by atoms with Crippen molar-refractivity contribution in [1.82, 2.24) is 25.5 Å². The molecule has 2 atom stereocenters. The highest BCUT2D eigenvalue weighted by atomic mass is 32.2. The van der Waals surface area contributed by atoms with Crippen molar-refractivity contribution in [1.29, 1.82) is 0 Å². The third-order valence-corrected chi connectivity index (χ3v) is 3.84. The molecule has 0 aliphatic rings. The van der Waals surface area contributed by atoms with E-state index in [1.807, 2.05) is 16.4 Å². The SMILES string of the molecule is CCCNC(C)c1nnnn1CCC(C)SC. The molecule has 1 N–H and O–H groups in total. The number of hydrogen-bond acceptors (Lipinski definition) is 5. The molecule has 0 bridgehead atoms. The second-order valence-electron chi connectivity index (χ2n) is 4.27. The molecule has 5 nitrogen and oxygen atoms in total. The van der Waals surface area contributed by atoms with Gasteiger partial charge in [0.05, 0.1) is 6.04 Å². The van der Waals surface area contributed by atoms with Crippen molar-refractivity contribution in [2.75, 3.05) is 12.8 Å². The highest BCUT2D eigenvalue weighted by Crippen LogP contribution is 2.13. The molecule has 1 rings (SSSR count). The van der Waals surface area contributed by atoms with Crippen LogP contribution >= 0.6 is 11.8 Å². The quantitative estimate of drug-likeness (QED) is 0.770. The summed E-state index contributed by atoms with van der Waals surface area (Å²) in [5.74, 6) is 0.937. The molecule has 17 heavy (non-hydrogen) atoms. The van der Waals surface area contributed by atoms with Crippen molar-refractivity contribution in [3.05, 3.63) is 5.82 Å². The number of aryl methyl sites for hydroxylation is 1. The first-order valence-corrected chi connectivity index (χ1v) is 7.50. The molecular weight excluding hydrogens is 234 g/mol. The maximum absolute atomic E-state index is 4.11. The second kappa shape index (κ2) is 7.66. The Bertz CT molecular complexity index is 315. The lowest BCUT2D eigenvalue weighted by molar-refractivity contribution is 0.476. The van der Waals surface area contributed by atoms with Gasteiger partial charge in [-0.25, -0.2) is 4.68 Å². The highest BCUT2D eigenvalue weighted by Gasteiger charge is 2.13. The Balaban J connectivity index is 2.52. The summed E-state index contributed by atoms with van der Waals surface area (Å²) in [5.41, 5.74) is 0. The first-order valence-electron chi connectivity index (χ1n) is 6.21. The summed E-state index contributed by atoms with van der Waals surface area (Å²) in [6.45, 7) is 8.38. The number of aromatic nitrogens is 4. The van der Waals surface area contributed by atoms with E-state index < -0.39 is 0 Å². The molecule has 0 aromatic carbocycles. The van der Waals surface area contributed by atoms with Gasteiger partial charge in [-0.3, -0.25) is 0 Å². The van der Waals surface area contributed by atoms with Crippen LogP contribution in [0.5, 0.6) is 0 Å². The molecule has 0 saturated carbocycles. The first-order chi connectivity index (χ1) is 8.19. The molecule has 0 radical (unpaired) electrons. The monoisotopic (exact) mass is 257 g/mol. The van der Waals surface area contributed by atoms with Gasteiger partial charge < -0.3 is 5.32 Å². The lowest BCUT2D eigenvalue weighted by Gasteiger charge is -2.14. The fraction of sp³-hybridized carbons (Fsp3) is 0.909. The number of hydrogen-bond donors (Lipinski definition) is 1. The number of rotatable bonds is 8. The molecule has 0 spiro atoms. The minimum Gasteiger partial charge on any atom is -0.307 e. The summed E-state index contributed by atoms with van der Waals surface area (Å²) >= 11 is 1.88. The standard InChI is InChI=1S/C11H23N5S/c1-5-7-12-10(3)11-13-14-15-16(11)8-6-9(2)17-4/h9-10,12H,5-8H2,1-4H3. The normalized spacial score (nSPS) is 14.8. The summed E-state index contributed by atoms with van der Waals surface area (Å²) in [5, 5.41) is 16.0. The summed E-state index contributed by atoms with van der Waals surface area (Å²) in [4.78, 5) is 0. The highest BCUT2D eigenvalue weighted by molar-refractivity contribution is 7.99. The van der Waals surface area contributed by atoms with Crippen molar-refractivity contribution in [3.8, 4) is 0 Å². The molecule has 1 heterocycles. The van der Waals surface area contributed by atoms with Gasteiger partial charge in [0, 0.05) is 11.8 Å². The van der Waals surface area contributed by atoms with E-state index >= 15 is 0 Å². The topological polar surface area (TPSA) is 55.6 Å². The van der Waals surface area contributed by atoms with Gasteiger partial charge in [0.25, 0.3) is 0 Å². The van der Waals surface area contributed by atoms with E-state index in [-0.39, 0.29) is 6.04 Å². The van der Waals surface area contributed by atoms with E-state index in [1.165, 1.54) is 0 Å². The van der Waals surface area contributed by atoms with Gasteiger partial charge in [-0.05, 0) is 43.0 Å². The Hall–Kier alpha value is -0.620. The molecule has 0 saturated heterocycles. The molecule has 1 aromatic heterocycles. The number of thioether (sulfide) groups is 1. The molecule has 2 unspecified atom stereocenters. The molecule has 0 fully saturated rings. The Labute approximate surface area is 108 Å². The van der Waals surface area contributed by atoms with Crippen LogP contribution in [-0.2, 0) is 6.54 Å². The van der Waals surface area contributed by atoms with Crippen LogP contribution < -0.4 is 5.32 Å². The van der Waals surface area contributed by atoms with Crippen molar-refractivity contribution >= 4 is 11.8 Å². The fourth-order valence-corrected chi connectivity index (χ4v) is 1.90. The van der Waals surface area contributed by atoms with Gasteiger partial charge in [-0.2, -0.15) is 11.8 Å². The van der Waals surface area contributed by atoms with Crippen LogP contribution in [0, 0.1) is 0 Å². The van der Waals surface area contributed by atoms with Crippen LogP contribution in [0.1, 0.15) is 45.5 Å².